The van der Waals surface area contributed by atoms with Crippen molar-refractivity contribution in [2.24, 2.45) is 10.1 Å². The van der Waals surface area contributed by atoms with Crippen molar-refractivity contribution in [1.82, 2.24) is 5.01 Å². The number of amides is 2. The second-order valence-corrected chi connectivity index (χ2v) is 9.54. The molecule has 0 spiro atoms. The SMILES string of the molecule is O=C(C[C@H]1SC(N2N=C(c3ccccc3)C[C@@H]2c2ccccc2)=NC1=O)Nc1ccccc1Cl. The largest absolute Gasteiger partial charge is 0.325 e. The Labute approximate surface area is 206 Å². The molecule has 2 aliphatic rings. The van der Waals surface area contributed by atoms with Crippen LogP contribution in [0.25, 0.3) is 0 Å². The van der Waals surface area contributed by atoms with Crippen molar-refractivity contribution in [1.29, 1.82) is 0 Å². The average molecular weight is 489 g/mol. The Morgan fingerprint density at radius 1 is 1.00 bits per heavy atom. The lowest BCUT2D eigenvalue weighted by Gasteiger charge is -2.23. The number of thioether (sulfide) groups is 1. The van der Waals surface area contributed by atoms with Crippen LogP contribution in [0.1, 0.15) is 30.0 Å². The predicted molar refractivity (Wildman–Crippen MR) is 137 cm³/mol. The zero-order valence-corrected chi connectivity index (χ0v) is 19.7. The minimum atomic E-state index is -0.607. The van der Waals surface area contributed by atoms with Crippen LogP contribution in [-0.2, 0) is 9.59 Å². The van der Waals surface area contributed by atoms with Gasteiger partial charge in [-0.15, -0.1) is 0 Å². The minimum Gasteiger partial charge on any atom is -0.325 e. The van der Waals surface area contributed by atoms with E-state index in [4.69, 9.17) is 16.7 Å². The molecule has 3 aromatic rings. The second kappa shape index (κ2) is 9.83. The van der Waals surface area contributed by atoms with Gasteiger partial charge in [0.25, 0.3) is 5.91 Å². The van der Waals surface area contributed by atoms with Crippen molar-refractivity contribution in [2.75, 3.05) is 5.32 Å². The minimum absolute atomic E-state index is 0.000817. The first-order valence-corrected chi connectivity index (χ1v) is 12.1. The van der Waals surface area contributed by atoms with Gasteiger partial charge in [-0.25, -0.2) is 5.01 Å². The lowest BCUT2D eigenvalue weighted by Crippen LogP contribution is -2.25. The fraction of sp³-hybridized carbons (Fsp3) is 0.154. The molecule has 5 rings (SSSR count). The molecule has 2 aliphatic heterocycles. The third-order valence-corrected chi connectivity index (χ3v) is 7.12. The highest BCUT2D eigenvalue weighted by Gasteiger charge is 2.39. The van der Waals surface area contributed by atoms with E-state index in [9.17, 15) is 9.59 Å². The van der Waals surface area contributed by atoms with Crippen molar-refractivity contribution in [3.05, 3.63) is 101 Å². The van der Waals surface area contributed by atoms with Gasteiger partial charge >= 0.3 is 0 Å². The van der Waals surface area contributed by atoms with E-state index in [-0.39, 0.29) is 24.3 Å². The summed E-state index contributed by atoms with van der Waals surface area (Å²) in [6.45, 7) is 0. The number of halogens is 1. The summed E-state index contributed by atoms with van der Waals surface area (Å²) < 4.78 is 0. The van der Waals surface area contributed by atoms with Crippen molar-refractivity contribution in [3.8, 4) is 0 Å². The number of para-hydroxylation sites is 1. The molecule has 1 N–H and O–H groups in total. The Bertz CT molecular complexity index is 1280. The Morgan fingerprint density at radius 3 is 2.41 bits per heavy atom. The average Bonchev–Trinajstić information content (AvgIpc) is 3.46. The molecule has 2 atom stereocenters. The first-order chi connectivity index (χ1) is 16.6. The number of amidine groups is 1. The number of anilines is 1. The summed E-state index contributed by atoms with van der Waals surface area (Å²) in [6, 6.07) is 27.0. The Kier molecular flexibility index (Phi) is 6.47. The lowest BCUT2D eigenvalue weighted by atomic mass is 9.99. The summed E-state index contributed by atoms with van der Waals surface area (Å²) in [7, 11) is 0. The van der Waals surface area contributed by atoms with Gasteiger partial charge in [-0.1, -0.05) is 96.2 Å². The van der Waals surface area contributed by atoms with Gasteiger partial charge in [0.15, 0.2) is 5.17 Å². The maximum Gasteiger partial charge on any atom is 0.262 e. The van der Waals surface area contributed by atoms with E-state index in [2.05, 4.69) is 22.4 Å². The molecule has 0 saturated heterocycles. The third kappa shape index (κ3) is 4.76. The molecule has 0 aromatic heterocycles. The summed E-state index contributed by atoms with van der Waals surface area (Å²) in [5.41, 5.74) is 3.58. The van der Waals surface area contributed by atoms with Crippen molar-refractivity contribution in [2.45, 2.75) is 24.1 Å². The fourth-order valence-corrected chi connectivity index (χ4v) is 5.21. The van der Waals surface area contributed by atoms with Crippen LogP contribution in [0.5, 0.6) is 0 Å². The molecule has 2 heterocycles. The number of rotatable bonds is 5. The standard InChI is InChI=1S/C26H21ClN4O2S/c27-19-13-7-8-14-20(19)28-24(32)16-23-25(33)29-26(34-23)31-22(18-11-5-2-6-12-18)15-21(30-31)17-9-3-1-4-10-17/h1-14,22-23H,15-16H2,(H,28,32)/t22-,23-/m1/s1. The normalized spacial score (nSPS) is 19.7. The van der Waals surface area contributed by atoms with Gasteiger partial charge in [-0.2, -0.15) is 10.1 Å². The zero-order chi connectivity index (χ0) is 23.5. The van der Waals surface area contributed by atoms with Gasteiger partial charge in [0.05, 0.1) is 22.5 Å². The Morgan fingerprint density at radius 2 is 1.68 bits per heavy atom. The molecule has 3 aromatic carbocycles. The van der Waals surface area contributed by atoms with Gasteiger partial charge in [0.1, 0.15) is 5.25 Å². The van der Waals surface area contributed by atoms with E-state index in [1.807, 2.05) is 53.5 Å². The molecule has 8 heteroatoms. The van der Waals surface area contributed by atoms with Crippen LogP contribution < -0.4 is 5.32 Å². The highest BCUT2D eigenvalue weighted by atomic mass is 35.5. The van der Waals surface area contributed by atoms with Crippen LogP contribution in [-0.4, -0.2) is 33.0 Å². The van der Waals surface area contributed by atoms with Gasteiger partial charge in [-0.05, 0) is 23.3 Å². The molecule has 0 unspecified atom stereocenters. The molecule has 0 saturated carbocycles. The molecule has 34 heavy (non-hydrogen) atoms. The van der Waals surface area contributed by atoms with Crippen molar-refractivity contribution in [3.63, 3.8) is 0 Å². The monoisotopic (exact) mass is 488 g/mol. The molecule has 0 bridgehead atoms. The summed E-state index contributed by atoms with van der Waals surface area (Å²) in [5, 5.41) is 9.81. The molecule has 6 nitrogen and oxygen atoms in total. The second-order valence-electron chi connectivity index (χ2n) is 7.96. The number of hydrogen-bond acceptors (Lipinski definition) is 5. The molecule has 0 fully saturated rings. The highest BCUT2D eigenvalue weighted by molar-refractivity contribution is 8.15. The van der Waals surface area contributed by atoms with Gasteiger partial charge < -0.3 is 5.32 Å². The van der Waals surface area contributed by atoms with Crippen LogP contribution >= 0.6 is 23.4 Å². The van der Waals surface area contributed by atoms with Gasteiger partial charge in [0.2, 0.25) is 5.91 Å². The van der Waals surface area contributed by atoms with E-state index in [1.165, 1.54) is 11.8 Å². The summed E-state index contributed by atoms with van der Waals surface area (Å²) in [6.07, 6.45) is 0.695. The summed E-state index contributed by atoms with van der Waals surface area (Å²) in [5.74, 6) is -0.616. The van der Waals surface area contributed by atoms with Gasteiger partial charge in [0, 0.05) is 12.8 Å². The van der Waals surface area contributed by atoms with Crippen LogP contribution in [0, 0.1) is 0 Å². The molecule has 2 amide bonds. The molecular formula is C26H21ClN4O2S. The number of carbonyl (C=O) groups excluding carboxylic acids is 2. The number of hydrogen-bond donors (Lipinski definition) is 1. The van der Waals surface area contributed by atoms with Crippen LogP contribution in [0.3, 0.4) is 0 Å². The van der Waals surface area contributed by atoms with E-state index in [1.54, 1.807) is 24.3 Å². The maximum absolute atomic E-state index is 12.7. The lowest BCUT2D eigenvalue weighted by molar-refractivity contribution is -0.121. The summed E-state index contributed by atoms with van der Waals surface area (Å²) in [4.78, 5) is 29.6. The number of aliphatic imine (C=N–C) groups is 1. The number of hydrazone groups is 1. The van der Waals surface area contributed by atoms with E-state index >= 15 is 0 Å². The Hall–Kier alpha value is -3.42. The fourth-order valence-electron chi connectivity index (χ4n) is 3.96. The predicted octanol–water partition coefficient (Wildman–Crippen LogP) is 5.52. The highest BCUT2D eigenvalue weighted by Crippen LogP contribution is 2.38. The Balaban J connectivity index is 1.34. The van der Waals surface area contributed by atoms with E-state index in [0.717, 1.165) is 16.8 Å². The molecule has 0 aliphatic carbocycles. The first kappa shape index (κ1) is 22.4. The zero-order valence-electron chi connectivity index (χ0n) is 18.1. The van der Waals surface area contributed by atoms with Crippen LogP contribution in [0.2, 0.25) is 5.02 Å². The smallest absolute Gasteiger partial charge is 0.262 e. The maximum atomic E-state index is 12.7. The molecule has 0 radical (unpaired) electrons. The van der Waals surface area contributed by atoms with Gasteiger partial charge in [-0.3, -0.25) is 9.59 Å². The van der Waals surface area contributed by atoms with Crippen molar-refractivity contribution >= 4 is 51.7 Å². The van der Waals surface area contributed by atoms with E-state index in [0.29, 0.717) is 22.3 Å². The molecule has 170 valence electrons. The molecular weight excluding hydrogens is 468 g/mol. The summed E-state index contributed by atoms with van der Waals surface area (Å²) >= 11 is 7.41. The van der Waals surface area contributed by atoms with Crippen LogP contribution in [0.4, 0.5) is 5.69 Å². The first-order valence-electron chi connectivity index (χ1n) is 10.9. The third-order valence-electron chi connectivity index (χ3n) is 5.65. The topological polar surface area (TPSA) is 74.1 Å². The number of carbonyl (C=O) groups is 2. The number of nitrogens with one attached hydrogen (secondary N) is 1. The van der Waals surface area contributed by atoms with E-state index < -0.39 is 5.25 Å². The number of benzene rings is 3. The quantitative estimate of drug-likeness (QED) is 0.513. The van der Waals surface area contributed by atoms with Crippen molar-refractivity contribution < 1.29 is 9.59 Å². The number of nitrogens with zero attached hydrogens (tertiary/aromatic N) is 3. The van der Waals surface area contributed by atoms with Crippen LogP contribution in [0.15, 0.2) is 95.0 Å².